The third-order valence-electron chi connectivity index (χ3n) is 5.65. The van der Waals surface area contributed by atoms with Gasteiger partial charge in [-0.25, -0.2) is 9.37 Å². The fraction of sp³-hybridized carbons (Fsp3) is 0.348. The van der Waals surface area contributed by atoms with Crippen LogP contribution in [0.15, 0.2) is 22.7 Å². The highest BCUT2D eigenvalue weighted by Crippen LogP contribution is 2.45. The van der Waals surface area contributed by atoms with Crippen LogP contribution in [0.25, 0.3) is 11.4 Å². The molecule has 8 nitrogen and oxygen atoms in total. The summed E-state index contributed by atoms with van der Waals surface area (Å²) in [4.78, 5) is 16.5. The first-order chi connectivity index (χ1) is 15.2. The Hall–Kier alpha value is -3.64. The minimum atomic E-state index is -1.63. The standard InChI is InChI=1S/C23H21FN4O4/c1-12-9-18(27-32-12)23(2,30)6-5-14-10-15-17(11-16(14)24)31-8-7-28-20(13-3-4-13)19(21(25)29)26-22(15)28/h9-11,13,30H,3-4,7-8H2,1-2H3,(H2,25,29)/t23-/m0/s1. The van der Waals surface area contributed by atoms with Gasteiger partial charge in [0.2, 0.25) is 0 Å². The highest BCUT2D eigenvalue weighted by molar-refractivity contribution is 5.93. The lowest BCUT2D eigenvalue weighted by Crippen LogP contribution is -2.18. The fourth-order valence-electron chi connectivity index (χ4n) is 3.89. The van der Waals surface area contributed by atoms with Crippen LogP contribution in [0.2, 0.25) is 0 Å². The Bertz CT molecular complexity index is 1310. The number of aryl methyl sites for hydroxylation is 1. The number of halogens is 1. The van der Waals surface area contributed by atoms with Crippen molar-refractivity contribution >= 4 is 5.91 Å². The molecule has 0 bridgehead atoms. The molecule has 3 N–H and O–H groups in total. The number of carbonyl (C=O) groups is 1. The van der Waals surface area contributed by atoms with E-state index in [0.717, 1.165) is 18.5 Å². The minimum Gasteiger partial charge on any atom is -0.491 e. The summed E-state index contributed by atoms with van der Waals surface area (Å²) in [7, 11) is 0. The quantitative estimate of drug-likeness (QED) is 0.610. The van der Waals surface area contributed by atoms with Crippen molar-refractivity contribution < 1.29 is 23.6 Å². The Labute approximate surface area is 183 Å². The lowest BCUT2D eigenvalue weighted by molar-refractivity contribution is 0.0994. The maximum atomic E-state index is 14.8. The molecule has 2 aliphatic rings. The van der Waals surface area contributed by atoms with Gasteiger partial charge in [-0.3, -0.25) is 4.79 Å². The molecule has 1 aliphatic carbocycles. The molecule has 3 aromatic rings. The van der Waals surface area contributed by atoms with Gasteiger partial charge in [-0.15, -0.1) is 0 Å². The molecule has 1 fully saturated rings. The first-order valence-electron chi connectivity index (χ1n) is 10.3. The van der Waals surface area contributed by atoms with Crippen LogP contribution in [0.5, 0.6) is 5.75 Å². The predicted octanol–water partition coefficient (Wildman–Crippen LogP) is 2.61. The number of fused-ring (bicyclic) bond motifs is 3. The van der Waals surface area contributed by atoms with Gasteiger partial charge < -0.3 is 24.7 Å². The Morgan fingerprint density at radius 3 is 2.81 bits per heavy atom. The van der Waals surface area contributed by atoms with Crippen LogP contribution in [-0.2, 0) is 12.1 Å². The molecule has 5 rings (SSSR count). The largest absolute Gasteiger partial charge is 0.491 e. The van der Waals surface area contributed by atoms with Gasteiger partial charge in [-0.1, -0.05) is 17.0 Å². The van der Waals surface area contributed by atoms with Crippen LogP contribution >= 0.6 is 0 Å². The number of primary amides is 1. The number of carbonyl (C=O) groups excluding carboxylic acids is 1. The number of nitrogens with two attached hydrogens (primary N) is 1. The van der Waals surface area contributed by atoms with E-state index in [1.54, 1.807) is 13.0 Å². The van der Waals surface area contributed by atoms with E-state index in [4.69, 9.17) is 15.0 Å². The second kappa shape index (κ2) is 7.21. The molecular formula is C23H21FN4O4. The number of imidazole rings is 1. The minimum absolute atomic E-state index is 0.0536. The topological polar surface area (TPSA) is 116 Å². The zero-order valence-corrected chi connectivity index (χ0v) is 17.6. The van der Waals surface area contributed by atoms with E-state index in [1.807, 2.05) is 4.57 Å². The van der Waals surface area contributed by atoms with Crippen molar-refractivity contribution in [2.45, 2.75) is 44.8 Å². The number of hydrogen-bond donors (Lipinski definition) is 2. The number of ether oxygens (including phenoxy) is 1. The molecule has 1 amide bonds. The van der Waals surface area contributed by atoms with Crippen LogP contribution in [-0.4, -0.2) is 32.3 Å². The average Bonchev–Trinajstić information content (AvgIpc) is 3.40. The maximum Gasteiger partial charge on any atom is 0.269 e. The van der Waals surface area contributed by atoms with Crippen LogP contribution in [0.1, 0.15) is 58.9 Å². The summed E-state index contributed by atoms with van der Waals surface area (Å²) in [6, 6.07) is 4.34. The van der Waals surface area contributed by atoms with Crippen molar-refractivity contribution in [1.29, 1.82) is 0 Å². The van der Waals surface area contributed by atoms with E-state index in [1.165, 1.54) is 19.1 Å². The van der Waals surface area contributed by atoms with Crippen molar-refractivity contribution in [1.82, 2.24) is 14.7 Å². The van der Waals surface area contributed by atoms with E-state index in [-0.39, 0.29) is 22.9 Å². The summed E-state index contributed by atoms with van der Waals surface area (Å²) in [6.45, 7) is 3.93. The number of aromatic nitrogens is 3. The Kier molecular flexibility index (Phi) is 4.57. The Morgan fingerprint density at radius 1 is 1.38 bits per heavy atom. The van der Waals surface area contributed by atoms with E-state index >= 15 is 0 Å². The molecule has 0 spiro atoms. The molecule has 2 aromatic heterocycles. The van der Waals surface area contributed by atoms with Gasteiger partial charge in [0.15, 0.2) is 5.60 Å². The number of hydrogen-bond acceptors (Lipinski definition) is 6. The molecule has 0 radical (unpaired) electrons. The number of rotatable bonds is 3. The smallest absolute Gasteiger partial charge is 0.269 e. The van der Waals surface area contributed by atoms with Gasteiger partial charge in [0, 0.05) is 18.1 Å². The Morgan fingerprint density at radius 2 is 2.16 bits per heavy atom. The summed E-state index contributed by atoms with van der Waals surface area (Å²) >= 11 is 0. The van der Waals surface area contributed by atoms with Gasteiger partial charge in [-0.2, -0.15) is 0 Å². The monoisotopic (exact) mass is 436 g/mol. The summed E-state index contributed by atoms with van der Waals surface area (Å²) in [5, 5.41) is 14.4. The van der Waals surface area contributed by atoms with Crippen molar-refractivity contribution in [2.75, 3.05) is 6.61 Å². The third kappa shape index (κ3) is 3.42. The number of benzene rings is 1. The van der Waals surface area contributed by atoms with E-state index in [2.05, 4.69) is 22.0 Å². The van der Waals surface area contributed by atoms with Crippen LogP contribution in [0.4, 0.5) is 4.39 Å². The first-order valence-corrected chi connectivity index (χ1v) is 10.3. The molecule has 9 heteroatoms. The van der Waals surface area contributed by atoms with Crippen LogP contribution in [0, 0.1) is 24.6 Å². The van der Waals surface area contributed by atoms with Gasteiger partial charge in [0.05, 0.1) is 23.4 Å². The van der Waals surface area contributed by atoms with Crippen molar-refractivity contribution in [3.8, 4) is 29.0 Å². The number of aliphatic hydroxyl groups is 1. The second-order valence-electron chi connectivity index (χ2n) is 8.28. The van der Waals surface area contributed by atoms with Crippen molar-refractivity contribution in [2.24, 2.45) is 5.73 Å². The molecule has 1 saturated carbocycles. The van der Waals surface area contributed by atoms with Gasteiger partial charge in [-0.05, 0) is 32.8 Å². The third-order valence-corrected chi connectivity index (χ3v) is 5.65. The van der Waals surface area contributed by atoms with Crippen molar-refractivity contribution in [3.05, 3.63) is 52.4 Å². The Balaban J connectivity index is 1.61. The van der Waals surface area contributed by atoms with Crippen LogP contribution < -0.4 is 10.5 Å². The molecule has 0 saturated heterocycles. The summed E-state index contributed by atoms with van der Waals surface area (Å²) in [5.74, 6) is 5.75. The normalized spacial score (nSPS) is 16.6. The molecule has 1 atom stereocenters. The van der Waals surface area contributed by atoms with Gasteiger partial charge in [0.1, 0.15) is 41.1 Å². The average molecular weight is 436 g/mol. The lowest BCUT2D eigenvalue weighted by atomic mass is 10.0. The van der Waals surface area contributed by atoms with Gasteiger partial charge >= 0.3 is 0 Å². The zero-order chi connectivity index (χ0) is 22.6. The zero-order valence-electron chi connectivity index (χ0n) is 17.6. The highest BCUT2D eigenvalue weighted by Gasteiger charge is 2.35. The summed E-state index contributed by atoms with van der Waals surface area (Å²) in [5.41, 5.74) is 5.81. The molecule has 1 aromatic carbocycles. The molecule has 0 unspecified atom stereocenters. The molecule has 164 valence electrons. The van der Waals surface area contributed by atoms with E-state index < -0.39 is 17.3 Å². The SMILES string of the molecule is Cc1cc([C@@](C)(O)C#Cc2cc3c(cc2F)OCCn2c-3nc(C(N)=O)c2C2CC2)no1. The maximum absolute atomic E-state index is 14.8. The van der Waals surface area contributed by atoms with E-state index in [0.29, 0.717) is 36.0 Å². The van der Waals surface area contributed by atoms with Crippen LogP contribution in [0.3, 0.4) is 0 Å². The summed E-state index contributed by atoms with van der Waals surface area (Å²) in [6.07, 6.45) is 1.94. The molecule has 1 aliphatic heterocycles. The fourth-order valence-corrected chi connectivity index (χ4v) is 3.89. The first kappa shape index (κ1) is 20.3. The lowest BCUT2D eigenvalue weighted by Gasteiger charge is -2.12. The van der Waals surface area contributed by atoms with Gasteiger partial charge in [0.25, 0.3) is 5.91 Å². The number of nitrogens with zero attached hydrogens (tertiary/aromatic N) is 3. The summed E-state index contributed by atoms with van der Waals surface area (Å²) < 4.78 is 27.5. The number of amides is 1. The van der Waals surface area contributed by atoms with Crippen molar-refractivity contribution in [3.63, 3.8) is 0 Å². The highest BCUT2D eigenvalue weighted by atomic mass is 19.1. The molecular weight excluding hydrogens is 415 g/mol. The van der Waals surface area contributed by atoms with E-state index in [9.17, 15) is 14.3 Å². The predicted molar refractivity (Wildman–Crippen MR) is 111 cm³/mol. The molecule has 32 heavy (non-hydrogen) atoms. The molecule has 3 heterocycles. The second-order valence-corrected chi connectivity index (χ2v) is 8.28.